The van der Waals surface area contributed by atoms with E-state index < -0.39 is 36.1 Å². The van der Waals surface area contributed by atoms with Crippen molar-refractivity contribution in [3.05, 3.63) is 29.8 Å². The van der Waals surface area contributed by atoms with E-state index in [-0.39, 0.29) is 11.3 Å². The van der Waals surface area contributed by atoms with Gasteiger partial charge in [0.15, 0.2) is 12.2 Å². The first kappa shape index (κ1) is 18.1. The number of ether oxygens (including phenoxy) is 3. The second kappa shape index (κ2) is 7.92. The van der Waals surface area contributed by atoms with Crippen LogP contribution in [0.25, 0.3) is 0 Å². The van der Waals surface area contributed by atoms with E-state index in [4.69, 9.17) is 14.6 Å². The van der Waals surface area contributed by atoms with Gasteiger partial charge < -0.3 is 19.3 Å². The van der Waals surface area contributed by atoms with Crippen LogP contribution in [-0.4, -0.2) is 41.2 Å². The SMILES string of the molecule is CC(=O)Oc1ccccc1C(=O)O[C@H](C)C(=O)O[C@H](C)C(=O)O. The van der Waals surface area contributed by atoms with Gasteiger partial charge in [-0.05, 0) is 26.0 Å². The minimum atomic E-state index is -1.36. The summed E-state index contributed by atoms with van der Waals surface area (Å²) in [5.74, 6) is -3.86. The molecular formula is C15H16O8. The molecule has 8 heteroatoms. The van der Waals surface area contributed by atoms with E-state index in [0.717, 1.165) is 0 Å². The molecule has 8 nitrogen and oxygen atoms in total. The normalized spacial score (nSPS) is 12.7. The average molecular weight is 324 g/mol. The van der Waals surface area contributed by atoms with Gasteiger partial charge in [0.05, 0.1) is 0 Å². The highest BCUT2D eigenvalue weighted by Crippen LogP contribution is 2.20. The molecule has 0 radical (unpaired) electrons. The molecule has 0 fully saturated rings. The number of rotatable bonds is 6. The Labute approximate surface area is 131 Å². The Bertz CT molecular complexity index is 622. The predicted octanol–water partition coefficient (Wildman–Crippen LogP) is 1.17. The first-order valence-electron chi connectivity index (χ1n) is 6.64. The third-order valence-electron chi connectivity index (χ3n) is 2.62. The summed E-state index contributed by atoms with van der Waals surface area (Å²) in [5.41, 5.74) is -0.0476. The van der Waals surface area contributed by atoms with Gasteiger partial charge in [-0.1, -0.05) is 12.1 Å². The Morgan fingerprint density at radius 1 is 1.00 bits per heavy atom. The Morgan fingerprint density at radius 3 is 2.17 bits per heavy atom. The number of hydrogen-bond donors (Lipinski definition) is 1. The lowest BCUT2D eigenvalue weighted by molar-refractivity contribution is -0.168. The first-order chi connectivity index (χ1) is 10.7. The predicted molar refractivity (Wildman–Crippen MR) is 75.8 cm³/mol. The lowest BCUT2D eigenvalue weighted by Crippen LogP contribution is -2.32. The fourth-order valence-electron chi connectivity index (χ4n) is 1.47. The molecule has 0 aromatic heterocycles. The maximum Gasteiger partial charge on any atom is 0.348 e. The largest absolute Gasteiger partial charge is 0.479 e. The lowest BCUT2D eigenvalue weighted by atomic mass is 10.2. The van der Waals surface area contributed by atoms with Gasteiger partial charge in [-0.2, -0.15) is 0 Å². The lowest BCUT2D eigenvalue weighted by Gasteiger charge is -2.15. The highest BCUT2D eigenvalue weighted by atomic mass is 16.6. The maximum absolute atomic E-state index is 12.0. The van der Waals surface area contributed by atoms with Crippen LogP contribution >= 0.6 is 0 Å². The van der Waals surface area contributed by atoms with Gasteiger partial charge in [0.1, 0.15) is 11.3 Å². The number of carbonyl (C=O) groups excluding carboxylic acids is 3. The van der Waals surface area contributed by atoms with Crippen LogP contribution in [0.4, 0.5) is 0 Å². The molecule has 0 aliphatic heterocycles. The van der Waals surface area contributed by atoms with Crippen LogP contribution in [0, 0.1) is 0 Å². The Balaban J connectivity index is 2.78. The minimum absolute atomic E-state index is 0.00975. The van der Waals surface area contributed by atoms with Crippen molar-refractivity contribution in [2.24, 2.45) is 0 Å². The number of esters is 3. The topological polar surface area (TPSA) is 116 Å². The fraction of sp³-hybridized carbons (Fsp3) is 0.333. The Kier molecular flexibility index (Phi) is 6.25. The standard InChI is InChI=1S/C15H16O8/c1-8(13(17)18)21-14(19)9(2)22-15(20)11-6-4-5-7-12(11)23-10(3)16/h4-9H,1-3H3,(H,17,18)/t8-,9-/m1/s1. The van der Waals surface area contributed by atoms with Gasteiger partial charge in [0, 0.05) is 6.92 Å². The number of para-hydroxylation sites is 1. The average Bonchev–Trinajstić information content (AvgIpc) is 2.46. The number of hydrogen-bond acceptors (Lipinski definition) is 7. The van der Waals surface area contributed by atoms with Crippen LogP contribution in [0.5, 0.6) is 5.75 Å². The van der Waals surface area contributed by atoms with Crippen LogP contribution in [-0.2, 0) is 23.9 Å². The summed E-state index contributed by atoms with van der Waals surface area (Å²) >= 11 is 0. The second-order valence-corrected chi connectivity index (χ2v) is 4.55. The summed E-state index contributed by atoms with van der Waals surface area (Å²) in [4.78, 5) is 45.3. The molecule has 124 valence electrons. The fourth-order valence-corrected chi connectivity index (χ4v) is 1.47. The minimum Gasteiger partial charge on any atom is -0.479 e. The van der Waals surface area contributed by atoms with Gasteiger partial charge in [0.2, 0.25) is 0 Å². The van der Waals surface area contributed by atoms with Gasteiger partial charge in [-0.25, -0.2) is 14.4 Å². The van der Waals surface area contributed by atoms with E-state index in [9.17, 15) is 19.2 Å². The van der Waals surface area contributed by atoms with E-state index in [0.29, 0.717) is 0 Å². The molecule has 0 aliphatic rings. The molecule has 0 aliphatic carbocycles. The molecule has 2 atom stereocenters. The van der Waals surface area contributed by atoms with E-state index in [1.165, 1.54) is 39.0 Å². The Hall–Kier alpha value is -2.90. The van der Waals surface area contributed by atoms with Crippen molar-refractivity contribution >= 4 is 23.9 Å². The molecule has 1 N–H and O–H groups in total. The smallest absolute Gasteiger partial charge is 0.348 e. The van der Waals surface area contributed by atoms with Crippen molar-refractivity contribution in [1.82, 2.24) is 0 Å². The zero-order valence-corrected chi connectivity index (χ0v) is 12.8. The van der Waals surface area contributed by atoms with Crippen LogP contribution in [0.15, 0.2) is 24.3 Å². The van der Waals surface area contributed by atoms with Crippen molar-refractivity contribution in [1.29, 1.82) is 0 Å². The molecule has 1 aromatic carbocycles. The number of carboxylic acid groups (broad SMARTS) is 1. The summed E-state index contributed by atoms with van der Waals surface area (Å²) in [6.45, 7) is 3.59. The number of carboxylic acids is 1. The van der Waals surface area contributed by atoms with E-state index >= 15 is 0 Å². The van der Waals surface area contributed by atoms with E-state index in [2.05, 4.69) is 4.74 Å². The van der Waals surface area contributed by atoms with Crippen LogP contribution < -0.4 is 4.74 Å². The molecule has 0 spiro atoms. The molecule has 1 aromatic rings. The third-order valence-corrected chi connectivity index (χ3v) is 2.62. The molecule has 23 heavy (non-hydrogen) atoms. The van der Waals surface area contributed by atoms with Crippen molar-refractivity contribution in [2.45, 2.75) is 33.0 Å². The first-order valence-corrected chi connectivity index (χ1v) is 6.64. The molecule has 0 unspecified atom stereocenters. The van der Waals surface area contributed by atoms with Gasteiger partial charge in [-0.15, -0.1) is 0 Å². The number of benzene rings is 1. The molecule has 1 rings (SSSR count). The summed E-state index contributed by atoms with van der Waals surface area (Å²) in [6.07, 6.45) is -2.69. The maximum atomic E-state index is 12.0. The quantitative estimate of drug-likeness (QED) is 0.612. The van der Waals surface area contributed by atoms with Crippen LogP contribution in [0.3, 0.4) is 0 Å². The van der Waals surface area contributed by atoms with E-state index in [1.54, 1.807) is 6.07 Å². The summed E-state index contributed by atoms with van der Waals surface area (Å²) in [6, 6.07) is 5.84. The van der Waals surface area contributed by atoms with Gasteiger partial charge in [-0.3, -0.25) is 4.79 Å². The third kappa shape index (κ3) is 5.42. The van der Waals surface area contributed by atoms with Crippen molar-refractivity contribution < 1.29 is 38.5 Å². The van der Waals surface area contributed by atoms with Gasteiger partial charge >= 0.3 is 23.9 Å². The zero-order chi connectivity index (χ0) is 17.6. The van der Waals surface area contributed by atoms with Crippen molar-refractivity contribution in [2.75, 3.05) is 0 Å². The van der Waals surface area contributed by atoms with Gasteiger partial charge in [0.25, 0.3) is 0 Å². The molecule has 0 saturated carbocycles. The van der Waals surface area contributed by atoms with Crippen LogP contribution in [0.1, 0.15) is 31.1 Å². The Morgan fingerprint density at radius 2 is 1.61 bits per heavy atom. The molecule has 0 saturated heterocycles. The molecule has 0 bridgehead atoms. The van der Waals surface area contributed by atoms with E-state index in [1.807, 2.05) is 0 Å². The number of aliphatic carboxylic acids is 1. The second-order valence-electron chi connectivity index (χ2n) is 4.55. The molecular weight excluding hydrogens is 308 g/mol. The summed E-state index contributed by atoms with van der Waals surface area (Å²) < 4.78 is 14.4. The zero-order valence-electron chi connectivity index (χ0n) is 12.8. The van der Waals surface area contributed by atoms with Crippen molar-refractivity contribution in [3.8, 4) is 5.75 Å². The highest BCUT2D eigenvalue weighted by Gasteiger charge is 2.26. The molecule has 0 heterocycles. The van der Waals surface area contributed by atoms with Crippen LogP contribution in [0.2, 0.25) is 0 Å². The highest BCUT2D eigenvalue weighted by molar-refractivity contribution is 5.95. The van der Waals surface area contributed by atoms with Crippen molar-refractivity contribution in [3.63, 3.8) is 0 Å². The number of carbonyl (C=O) groups is 4. The summed E-state index contributed by atoms with van der Waals surface area (Å²) in [7, 11) is 0. The molecule has 0 amide bonds. The summed E-state index contributed by atoms with van der Waals surface area (Å²) in [5, 5.41) is 8.66. The monoisotopic (exact) mass is 324 g/mol.